The number of rotatable bonds is 4. The third kappa shape index (κ3) is 4.13. The quantitative estimate of drug-likeness (QED) is 0.566. The zero-order valence-electron chi connectivity index (χ0n) is 16.5. The van der Waals surface area contributed by atoms with Crippen molar-refractivity contribution in [1.29, 1.82) is 10.5 Å². The minimum absolute atomic E-state index is 0.183. The zero-order valence-corrected chi connectivity index (χ0v) is 17.3. The Morgan fingerprint density at radius 2 is 1.84 bits per heavy atom. The summed E-state index contributed by atoms with van der Waals surface area (Å²) < 4.78 is 42.1. The second-order valence-electron chi connectivity index (χ2n) is 6.94. The number of hydrogen-bond donors (Lipinski definition) is 1. The molecule has 0 fully saturated rings. The van der Waals surface area contributed by atoms with Gasteiger partial charge in [-0.2, -0.15) is 23.7 Å². The number of aliphatic hydroxyl groups is 1. The van der Waals surface area contributed by atoms with Crippen molar-refractivity contribution >= 4 is 11.6 Å². The number of nitriles is 2. The van der Waals surface area contributed by atoms with Crippen LogP contribution in [0.15, 0.2) is 30.5 Å². The van der Waals surface area contributed by atoms with E-state index in [9.17, 15) is 23.5 Å². The van der Waals surface area contributed by atoms with Gasteiger partial charge in [-0.05, 0) is 43.2 Å². The number of alkyl halides is 3. The van der Waals surface area contributed by atoms with Crippen molar-refractivity contribution in [1.82, 2.24) is 9.55 Å². The highest BCUT2D eigenvalue weighted by atomic mass is 35.5. The number of aliphatic hydroxyl groups excluding tert-OH is 1. The molecule has 9 heteroatoms. The van der Waals surface area contributed by atoms with Crippen LogP contribution >= 0.6 is 11.6 Å². The van der Waals surface area contributed by atoms with Crippen LogP contribution < -0.4 is 0 Å². The van der Waals surface area contributed by atoms with Crippen molar-refractivity contribution in [2.75, 3.05) is 0 Å². The summed E-state index contributed by atoms with van der Waals surface area (Å²) in [6.07, 6.45) is -3.16. The summed E-state index contributed by atoms with van der Waals surface area (Å²) in [7, 11) is 0. The number of benzene rings is 1. The molecule has 1 aromatic carbocycles. The van der Waals surface area contributed by atoms with Gasteiger partial charge in [0, 0.05) is 35.3 Å². The first-order chi connectivity index (χ1) is 14.6. The number of aromatic nitrogens is 2. The fourth-order valence-corrected chi connectivity index (χ4v) is 3.73. The fraction of sp³-hybridized carbons (Fsp3) is 0.227. The lowest BCUT2D eigenvalue weighted by molar-refractivity contribution is -0.137. The van der Waals surface area contributed by atoms with Gasteiger partial charge in [0.2, 0.25) is 0 Å². The molecule has 0 radical (unpaired) electrons. The largest absolute Gasteiger partial charge is 0.417 e. The van der Waals surface area contributed by atoms with Crippen LogP contribution in [-0.2, 0) is 19.3 Å². The highest BCUT2D eigenvalue weighted by Gasteiger charge is 2.34. The lowest BCUT2D eigenvalue weighted by Gasteiger charge is -2.13. The Kier molecular flexibility index (Phi) is 6.08. The van der Waals surface area contributed by atoms with Gasteiger partial charge in [0.1, 0.15) is 11.2 Å². The summed E-state index contributed by atoms with van der Waals surface area (Å²) in [6, 6.07) is 8.75. The summed E-state index contributed by atoms with van der Waals surface area (Å²) in [6.45, 7) is 3.42. The maximum atomic E-state index is 13.4. The molecule has 0 aliphatic carbocycles. The van der Waals surface area contributed by atoms with Gasteiger partial charge >= 0.3 is 6.18 Å². The van der Waals surface area contributed by atoms with Gasteiger partial charge in [0.25, 0.3) is 0 Å². The van der Waals surface area contributed by atoms with Crippen molar-refractivity contribution in [3.05, 3.63) is 74.8 Å². The first kappa shape index (κ1) is 22.4. The minimum atomic E-state index is -4.70. The lowest BCUT2D eigenvalue weighted by Crippen LogP contribution is -2.08. The average molecular weight is 445 g/mol. The molecule has 0 spiro atoms. The number of halogens is 4. The topological polar surface area (TPSA) is 85.6 Å². The van der Waals surface area contributed by atoms with E-state index in [0.29, 0.717) is 28.1 Å². The molecule has 0 aliphatic heterocycles. The third-order valence-corrected chi connectivity index (χ3v) is 5.45. The number of nitrogens with zero attached hydrogens (tertiary/aromatic N) is 4. The van der Waals surface area contributed by atoms with Crippen molar-refractivity contribution in [3.8, 4) is 23.3 Å². The normalized spacial score (nSPS) is 11.3. The minimum Gasteiger partial charge on any atom is -0.392 e. The maximum absolute atomic E-state index is 13.4. The van der Waals surface area contributed by atoms with Gasteiger partial charge in [0.15, 0.2) is 0 Å². The van der Waals surface area contributed by atoms with Crippen LogP contribution in [0.4, 0.5) is 13.2 Å². The molecule has 2 aromatic heterocycles. The van der Waals surface area contributed by atoms with Gasteiger partial charge in [0.05, 0.1) is 29.4 Å². The Morgan fingerprint density at radius 1 is 1.13 bits per heavy atom. The molecule has 2 heterocycles. The van der Waals surface area contributed by atoms with E-state index < -0.39 is 17.3 Å². The van der Waals surface area contributed by atoms with Crippen LogP contribution in [0.3, 0.4) is 0 Å². The van der Waals surface area contributed by atoms with E-state index in [1.54, 1.807) is 30.6 Å². The molecule has 3 rings (SSSR count). The molecule has 3 aromatic rings. The van der Waals surface area contributed by atoms with Crippen LogP contribution in [0.1, 0.15) is 39.2 Å². The standard InChI is InChI=1S/C22H16ClF3N4O/c1-12-18(8-28)20(15-3-4-16(7-27)19(6-15)22(24,25)26)13(2)30(12)10-14-5-17(11-31)21(23)29-9-14/h3-6,9,31H,10-11H2,1-2H3. The first-order valence-electron chi connectivity index (χ1n) is 9.08. The summed E-state index contributed by atoms with van der Waals surface area (Å²) in [5.41, 5.74) is 1.63. The molecule has 0 atom stereocenters. The summed E-state index contributed by atoms with van der Waals surface area (Å²) in [4.78, 5) is 4.04. The summed E-state index contributed by atoms with van der Waals surface area (Å²) >= 11 is 5.93. The van der Waals surface area contributed by atoms with Gasteiger partial charge in [-0.15, -0.1) is 0 Å². The monoisotopic (exact) mass is 444 g/mol. The van der Waals surface area contributed by atoms with Gasteiger partial charge in [-0.1, -0.05) is 17.7 Å². The molecule has 158 valence electrons. The molecule has 1 N–H and O–H groups in total. The Morgan fingerprint density at radius 3 is 2.42 bits per heavy atom. The Hall–Kier alpha value is -3.33. The summed E-state index contributed by atoms with van der Waals surface area (Å²) in [5.74, 6) is 0. The van der Waals surface area contributed by atoms with Crippen LogP contribution in [0.25, 0.3) is 11.1 Å². The van der Waals surface area contributed by atoms with E-state index in [1.165, 1.54) is 12.3 Å². The number of hydrogen-bond acceptors (Lipinski definition) is 4. The van der Waals surface area contributed by atoms with E-state index in [4.69, 9.17) is 16.9 Å². The molecule has 0 bridgehead atoms. The van der Waals surface area contributed by atoms with Crippen LogP contribution in [0.2, 0.25) is 5.15 Å². The molecular weight excluding hydrogens is 429 g/mol. The van der Waals surface area contributed by atoms with Crippen molar-refractivity contribution in [2.24, 2.45) is 0 Å². The second kappa shape index (κ2) is 8.43. The van der Waals surface area contributed by atoms with Crippen molar-refractivity contribution in [3.63, 3.8) is 0 Å². The SMILES string of the molecule is Cc1c(C#N)c(-c2ccc(C#N)c(C(F)(F)F)c2)c(C)n1Cc1cnc(Cl)c(CO)c1. The van der Waals surface area contributed by atoms with Crippen molar-refractivity contribution < 1.29 is 18.3 Å². The highest BCUT2D eigenvalue weighted by Crippen LogP contribution is 2.38. The molecule has 5 nitrogen and oxygen atoms in total. The predicted molar refractivity (Wildman–Crippen MR) is 108 cm³/mol. The molecule has 0 aliphatic rings. The van der Waals surface area contributed by atoms with E-state index in [1.807, 2.05) is 0 Å². The fourth-order valence-electron chi connectivity index (χ4n) is 3.57. The number of pyridine rings is 1. The van der Waals surface area contributed by atoms with E-state index >= 15 is 0 Å². The summed E-state index contributed by atoms with van der Waals surface area (Å²) in [5, 5.41) is 28.3. The van der Waals surface area contributed by atoms with Crippen LogP contribution in [0, 0.1) is 36.5 Å². The lowest BCUT2D eigenvalue weighted by atomic mass is 9.96. The zero-order chi connectivity index (χ0) is 22.9. The third-order valence-electron chi connectivity index (χ3n) is 5.11. The van der Waals surface area contributed by atoms with Crippen LogP contribution in [0.5, 0.6) is 0 Å². The Balaban J connectivity index is 2.17. The molecule has 0 saturated heterocycles. The van der Waals surface area contributed by atoms with E-state index in [0.717, 1.165) is 12.1 Å². The predicted octanol–water partition coefficient (Wildman–Crippen LogP) is 5.12. The molecule has 31 heavy (non-hydrogen) atoms. The van der Waals surface area contributed by atoms with E-state index in [-0.39, 0.29) is 29.4 Å². The molecule has 0 amide bonds. The average Bonchev–Trinajstić information content (AvgIpc) is 2.97. The second-order valence-corrected chi connectivity index (χ2v) is 7.30. The van der Waals surface area contributed by atoms with Gasteiger partial charge in [-0.3, -0.25) is 0 Å². The van der Waals surface area contributed by atoms with Crippen molar-refractivity contribution in [2.45, 2.75) is 33.2 Å². The van der Waals surface area contributed by atoms with Gasteiger partial charge in [-0.25, -0.2) is 4.98 Å². The van der Waals surface area contributed by atoms with E-state index in [2.05, 4.69) is 11.1 Å². The maximum Gasteiger partial charge on any atom is 0.417 e. The highest BCUT2D eigenvalue weighted by molar-refractivity contribution is 6.30. The van der Waals surface area contributed by atoms with Gasteiger partial charge < -0.3 is 9.67 Å². The molecular formula is C22H16ClF3N4O. The first-order valence-corrected chi connectivity index (χ1v) is 9.45. The Labute approximate surface area is 181 Å². The van der Waals surface area contributed by atoms with Crippen LogP contribution in [-0.4, -0.2) is 14.7 Å². The molecule has 0 unspecified atom stereocenters. The Bertz CT molecular complexity index is 1250. The smallest absolute Gasteiger partial charge is 0.392 e. The molecule has 0 saturated carbocycles.